The number of alkyl halides is 3. The number of ether oxygens (including phenoxy) is 1. The molecular weight excluding hydrogens is 255 g/mol. The van der Waals surface area contributed by atoms with Crippen LogP contribution in [0.3, 0.4) is 0 Å². The largest absolute Gasteiger partial charge is 0.416 e. The Labute approximate surface area is 112 Å². The number of nitrogens with one attached hydrogen (secondary N) is 1. The molecule has 0 amide bonds. The molecule has 1 N–H and O–H groups in total. The summed E-state index contributed by atoms with van der Waals surface area (Å²) in [5.41, 5.74) is 0.388. The normalized spacial score (nSPS) is 12.6. The molecule has 0 radical (unpaired) electrons. The summed E-state index contributed by atoms with van der Waals surface area (Å²) < 4.78 is 43.1. The molecule has 0 spiro atoms. The van der Waals surface area contributed by atoms with Crippen molar-refractivity contribution in [3.8, 4) is 0 Å². The van der Waals surface area contributed by atoms with Gasteiger partial charge in [0.05, 0.1) is 11.2 Å². The molecule has 0 aliphatic rings. The lowest BCUT2D eigenvalue weighted by Crippen LogP contribution is -2.26. The van der Waals surface area contributed by atoms with Crippen molar-refractivity contribution in [2.24, 2.45) is 0 Å². The number of methoxy groups -OCH3 is 1. The fourth-order valence-electron chi connectivity index (χ4n) is 1.59. The van der Waals surface area contributed by atoms with Gasteiger partial charge in [0.25, 0.3) is 0 Å². The van der Waals surface area contributed by atoms with E-state index in [1.165, 1.54) is 6.07 Å². The highest BCUT2D eigenvalue weighted by molar-refractivity contribution is 5.53. The first-order valence-electron chi connectivity index (χ1n) is 6.12. The Balaban J connectivity index is 2.73. The van der Waals surface area contributed by atoms with Crippen molar-refractivity contribution in [3.05, 3.63) is 29.3 Å². The molecule has 0 unspecified atom stereocenters. The molecule has 0 bridgehead atoms. The Morgan fingerprint density at radius 3 is 2.37 bits per heavy atom. The van der Waals surface area contributed by atoms with Gasteiger partial charge in [-0.1, -0.05) is 6.07 Å². The van der Waals surface area contributed by atoms with Gasteiger partial charge in [-0.05, 0) is 44.9 Å². The number of rotatable bonds is 5. The Morgan fingerprint density at radius 1 is 1.21 bits per heavy atom. The fourth-order valence-corrected chi connectivity index (χ4v) is 1.59. The zero-order valence-electron chi connectivity index (χ0n) is 11.7. The Kier molecular flexibility index (Phi) is 4.85. The minimum absolute atomic E-state index is 0.289. The number of halogens is 3. The molecule has 1 rings (SSSR count). The Hall–Kier alpha value is -1.23. The monoisotopic (exact) mass is 275 g/mol. The smallest absolute Gasteiger partial charge is 0.385 e. The minimum atomic E-state index is -4.31. The summed E-state index contributed by atoms with van der Waals surface area (Å²) in [6.07, 6.45) is -3.60. The van der Waals surface area contributed by atoms with Crippen molar-refractivity contribution in [1.82, 2.24) is 0 Å². The fraction of sp³-hybridized carbons (Fsp3) is 0.571. The van der Waals surface area contributed by atoms with Crippen LogP contribution < -0.4 is 5.32 Å². The van der Waals surface area contributed by atoms with Gasteiger partial charge in [0.2, 0.25) is 0 Å². The first-order valence-corrected chi connectivity index (χ1v) is 6.12. The van der Waals surface area contributed by atoms with Gasteiger partial charge in [-0.2, -0.15) is 13.2 Å². The average Bonchev–Trinajstić information content (AvgIpc) is 2.30. The SMILES string of the molecule is COC(C)(C)CCNc1cc(C(F)(F)F)ccc1C. The van der Waals surface area contributed by atoms with Crippen LogP contribution >= 0.6 is 0 Å². The molecule has 0 fully saturated rings. The summed E-state index contributed by atoms with van der Waals surface area (Å²) in [6, 6.07) is 3.72. The van der Waals surface area contributed by atoms with Gasteiger partial charge in [0.1, 0.15) is 0 Å². The van der Waals surface area contributed by atoms with Gasteiger partial charge in [-0.25, -0.2) is 0 Å². The van der Waals surface area contributed by atoms with E-state index in [1.807, 2.05) is 13.8 Å². The third-order valence-electron chi connectivity index (χ3n) is 3.16. The van der Waals surface area contributed by atoms with E-state index in [0.717, 1.165) is 17.7 Å². The molecule has 1 aromatic carbocycles. The molecule has 0 atom stereocenters. The lowest BCUT2D eigenvalue weighted by molar-refractivity contribution is -0.137. The molecule has 108 valence electrons. The average molecular weight is 275 g/mol. The highest BCUT2D eigenvalue weighted by atomic mass is 19.4. The highest BCUT2D eigenvalue weighted by Crippen LogP contribution is 2.32. The van der Waals surface area contributed by atoms with Crippen LogP contribution in [-0.4, -0.2) is 19.3 Å². The number of benzene rings is 1. The van der Waals surface area contributed by atoms with Crippen LogP contribution in [0.1, 0.15) is 31.4 Å². The molecule has 0 aromatic heterocycles. The maximum Gasteiger partial charge on any atom is 0.416 e. The molecule has 2 nitrogen and oxygen atoms in total. The lowest BCUT2D eigenvalue weighted by atomic mass is 10.0. The highest BCUT2D eigenvalue weighted by Gasteiger charge is 2.30. The number of hydrogen-bond donors (Lipinski definition) is 1. The number of anilines is 1. The second kappa shape index (κ2) is 5.82. The molecule has 19 heavy (non-hydrogen) atoms. The van der Waals surface area contributed by atoms with E-state index in [9.17, 15) is 13.2 Å². The second-order valence-electron chi connectivity index (χ2n) is 5.17. The lowest BCUT2D eigenvalue weighted by Gasteiger charge is -2.23. The van der Waals surface area contributed by atoms with Crippen LogP contribution in [-0.2, 0) is 10.9 Å². The minimum Gasteiger partial charge on any atom is -0.385 e. The summed E-state index contributed by atoms with van der Waals surface area (Å²) in [5, 5.41) is 3.04. The summed E-state index contributed by atoms with van der Waals surface area (Å²) >= 11 is 0. The van der Waals surface area contributed by atoms with Gasteiger partial charge in [0.15, 0.2) is 0 Å². The van der Waals surface area contributed by atoms with Crippen molar-refractivity contribution >= 4 is 5.69 Å². The van der Waals surface area contributed by atoms with Crippen LogP contribution in [0.25, 0.3) is 0 Å². The van der Waals surface area contributed by atoms with Gasteiger partial charge < -0.3 is 10.1 Å². The van der Waals surface area contributed by atoms with E-state index < -0.39 is 11.7 Å². The summed E-state index contributed by atoms with van der Waals surface area (Å²) in [6.45, 7) is 6.22. The summed E-state index contributed by atoms with van der Waals surface area (Å²) in [4.78, 5) is 0. The number of aryl methyl sites for hydroxylation is 1. The predicted molar refractivity (Wildman–Crippen MR) is 70.4 cm³/mol. The molecule has 0 aliphatic carbocycles. The van der Waals surface area contributed by atoms with Crippen molar-refractivity contribution in [2.75, 3.05) is 19.0 Å². The first kappa shape index (κ1) is 15.8. The summed E-state index contributed by atoms with van der Waals surface area (Å²) in [5.74, 6) is 0. The van der Waals surface area contributed by atoms with Crippen molar-refractivity contribution in [1.29, 1.82) is 0 Å². The van der Waals surface area contributed by atoms with E-state index in [1.54, 1.807) is 14.0 Å². The van der Waals surface area contributed by atoms with Crippen molar-refractivity contribution in [3.63, 3.8) is 0 Å². The van der Waals surface area contributed by atoms with Gasteiger partial charge in [-0.3, -0.25) is 0 Å². The van der Waals surface area contributed by atoms with E-state index in [0.29, 0.717) is 18.7 Å². The third-order valence-corrected chi connectivity index (χ3v) is 3.16. The molecule has 5 heteroatoms. The van der Waals surface area contributed by atoms with Crippen molar-refractivity contribution in [2.45, 2.75) is 39.0 Å². The van der Waals surface area contributed by atoms with Gasteiger partial charge in [0, 0.05) is 19.3 Å². The zero-order chi connectivity index (χ0) is 14.7. The third kappa shape index (κ3) is 4.74. The molecule has 1 aromatic rings. The summed E-state index contributed by atoms with van der Waals surface area (Å²) in [7, 11) is 1.62. The first-order chi connectivity index (χ1) is 8.65. The van der Waals surface area contributed by atoms with Crippen LogP contribution in [0, 0.1) is 6.92 Å². The van der Waals surface area contributed by atoms with E-state index >= 15 is 0 Å². The van der Waals surface area contributed by atoms with E-state index in [4.69, 9.17) is 4.74 Å². The number of hydrogen-bond acceptors (Lipinski definition) is 2. The van der Waals surface area contributed by atoms with Gasteiger partial charge >= 0.3 is 6.18 Å². The van der Waals surface area contributed by atoms with E-state index in [-0.39, 0.29) is 5.60 Å². The molecule has 0 saturated carbocycles. The molecule has 0 aliphatic heterocycles. The molecule has 0 saturated heterocycles. The maximum absolute atomic E-state index is 12.6. The van der Waals surface area contributed by atoms with Gasteiger partial charge in [-0.15, -0.1) is 0 Å². The molecular formula is C14H20F3NO. The second-order valence-corrected chi connectivity index (χ2v) is 5.17. The quantitative estimate of drug-likeness (QED) is 0.867. The molecule has 0 heterocycles. The van der Waals surface area contributed by atoms with Crippen LogP contribution in [0.2, 0.25) is 0 Å². The van der Waals surface area contributed by atoms with Crippen LogP contribution in [0.15, 0.2) is 18.2 Å². The standard InChI is InChI=1S/C14H20F3NO/c1-10-5-6-11(14(15,16)17)9-12(10)18-8-7-13(2,3)19-4/h5-6,9,18H,7-8H2,1-4H3. The Morgan fingerprint density at radius 2 is 1.84 bits per heavy atom. The van der Waals surface area contributed by atoms with E-state index in [2.05, 4.69) is 5.32 Å². The Bertz CT molecular complexity index is 427. The van der Waals surface area contributed by atoms with Crippen molar-refractivity contribution < 1.29 is 17.9 Å². The zero-order valence-corrected chi connectivity index (χ0v) is 11.7. The topological polar surface area (TPSA) is 21.3 Å². The predicted octanol–water partition coefficient (Wildman–Crippen LogP) is 4.24. The van der Waals surface area contributed by atoms with Crippen LogP contribution in [0.5, 0.6) is 0 Å². The maximum atomic E-state index is 12.6. The van der Waals surface area contributed by atoms with Crippen LogP contribution in [0.4, 0.5) is 18.9 Å².